The van der Waals surface area contributed by atoms with Crippen LogP contribution in [0.2, 0.25) is 0 Å². The van der Waals surface area contributed by atoms with Crippen molar-refractivity contribution < 1.29 is 9.18 Å². The Kier molecular flexibility index (Phi) is 6.49. The number of hydrogen-bond acceptors (Lipinski definition) is 3. The summed E-state index contributed by atoms with van der Waals surface area (Å²) < 4.78 is 16.0. The highest BCUT2D eigenvalue weighted by Gasteiger charge is 2.52. The molecule has 0 N–H and O–H groups in total. The van der Waals surface area contributed by atoms with Crippen LogP contribution in [0, 0.1) is 11.3 Å². The molecule has 3 fully saturated rings. The molecule has 0 aromatic heterocycles. The van der Waals surface area contributed by atoms with Crippen molar-refractivity contribution in [2.45, 2.75) is 63.5 Å². The molecule has 5 aliphatic rings. The van der Waals surface area contributed by atoms with Crippen LogP contribution in [0.15, 0.2) is 77.5 Å². The summed E-state index contributed by atoms with van der Waals surface area (Å²) in [4.78, 5) is 19.9. The number of hydrogen-bond donors (Lipinski definition) is 0. The molecule has 5 heteroatoms. The number of amides is 1. The summed E-state index contributed by atoms with van der Waals surface area (Å²) in [6.07, 6.45) is 12.8. The number of rotatable bonds is 4. The molecule has 3 aliphatic heterocycles. The molecule has 4 nitrogen and oxygen atoms in total. The zero-order valence-electron chi connectivity index (χ0n) is 21.9. The Balaban J connectivity index is 1.12. The number of alkyl halides is 1. The molecule has 2 aliphatic carbocycles. The first-order valence-electron chi connectivity index (χ1n) is 14.2. The summed E-state index contributed by atoms with van der Waals surface area (Å²) in [5.41, 5.74) is 8.65. The van der Waals surface area contributed by atoms with E-state index in [-0.39, 0.29) is 11.3 Å². The molecule has 37 heavy (non-hydrogen) atoms. The Hall–Kier alpha value is -2.84. The molecular formula is C32H38FN3O. The van der Waals surface area contributed by atoms with Gasteiger partial charge in [-0.05, 0) is 55.4 Å². The largest absolute Gasteiger partial charge is 0.340 e. The molecule has 0 radical (unpaired) electrons. The van der Waals surface area contributed by atoms with Crippen LogP contribution in [-0.2, 0) is 4.79 Å². The molecule has 0 unspecified atom stereocenters. The van der Waals surface area contributed by atoms with Gasteiger partial charge in [-0.2, -0.15) is 0 Å². The summed E-state index contributed by atoms with van der Waals surface area (Å²) in [6.45, 7) is 8.11. The van der Waals surface area contributed by atoms with Gasteiger partial charge in [0, 0.05) is 68.4 Å². The predicted octanol–water partition coefficient (Wildman–Crippen LogP) is 6.15. The summed E-state index contributed by atoms with van der Waals surface area (Å²) in [6, 6.07) is 10.3. The van der Waals surface area contributed by atoms with Crippen molar-refractivity contribution >= 4 is 11.6 Å². The number of benzene rings is 1. The minimum absolute atomic E-state index is 0.264. The Morgan fingerprint density at radius 3 is 2.32 bits per heavy atom. The molecule has 1 amide bonds. The van der Waals surface area contributed by atoms with Crippen LogP contribution in [0.1, 0.15) is 57.8 Å². The van der Waals surface area contributed by atoms with Crippen molar-refractivity contribution in [2.75, 3.05) is 37.6 Å². The fourth-order valence-electron chi connectivity index (χ4n) is 7.30. The Morgan fingerprint density at radius 1 is 0.946 bits per heavy atom. The topological polar surface area (TPSA) is 26.8 Å². The molecule has 2 saturated heterocycles. The number of para-hydroxylation sites is 1. The van der Waals surface area contributed by atoms with E-state index in [0.717, 1.165) is 42.4 Å². The van der Waals surface area contributed by atoms with Gasteiger partial charge in [0.25, 0.3) is 5.91 Å². The average Bonchev–Trinajstić information content (AvgIpc) is 3.18. The van der Waals surface area contributed by atoms with E-state index in [1.807, 2.05) is 30.4 Å². The number of carbonyl (C=O) groups excluding carboxylic acids is 1. The van der Waals surface area contributed by atoms with Gasteiger partial charge >= 0.3 is 0 Å². The van der Waals surface area contributed by atoms with Crippen LogP contribution in [-0.4, -0.2) is 54.1 Å². The smallest absolute Gasteiger partial charge is 0.260 e. The van der Waals surface area contributed by atoms with E-state index < -0.39 is 5.67 Å². The lowest BCUT2D eigenvalue weighted by Crippen LogP contribution is -2.55. The van der Waals surface area contributed by atoms with Crippen LogP contribution in [0.3, 0.4) is 0 Å². The summed E-state index contributed by atoms with van der Waals surface area (Å²) in [7, 11) is 0. The third-order valence-electron chi connectivity index (χ3n) is 9.56. The molecule has 1 aromatic rings. The lowest BCUT2D eigenvalue weighted by Gasteiger charge is -2.45. The molecule has 1 spiro atoms. The SMILES string of the molecule is C=C1N(c2ccccc2)C2=C(C=C=C=C2)C12CCN(C(=O)C1(F)CCN(CC3CCCCC3)CC1)CC2. The maximum atomic E-state index is 16.0. The quantitative estimate of drug-likeness (QED) is 0.465. The summed E-state index contributed by atoms with van der Waals surface area (Å²) in [5.74, 6) is 0.457. The molecule has 1 aromatic carbocycles. The fourth-order valence-corrected chi connectivity index (χ4v) is 7.30. The first kappa shape index (κ1) is 24.5. The first-order valence-corrected chi connectivity index (χ1v) is 14.2. The Morgan fingerprint density at radius 2 is 1.62 bits per heavy atom. The van der Waals surface area contributed by atoms with Gasteiger partial charge in [-0.25, -0.2) is 4.39 Å². The number of piperidine rings is 2. The standard InChI is InChI=1S/C32H38FN3O/c1-25-31(28-14-8-9-15-29(28)36(25)27-12-6-3-7-13-27)16-22-35(23-17-31)30(37)32(33)18-20-34(21-19-32)24-26-10-4-2-5-11-26/h3,6-7,12-15,26H,1-2,4-5,10-11,16-24H2. The van der Waals surface area contributed by atoms with Crippen molar-refractivity contribution in [3.05, 3.63) is 77.5 Å². The second-order valence-electron chi connectivity index (χ2n) is 11.6. The maximum absolute atomic E-state index is 16.0. The van der Waals surface area contributed by atoms with E-state index >= 15 is 4.39 Å². The van der Waals surface area contributed by atoms with E-state index in [0.29, 0.717) is 39.0 Å². The van der Waals surface area contributed by atoms with Crippen LogP contribution in [0.4, 0.5) is 10.1 Å². The monoisotopic (exact) mass is 499 g/mol. The first-order chi connectivity index (χ1) is 18.0. The third-order valence-corrected chi connectivity index (χ3v) is 9.56. The van der Waals surface area contributed by atoms with Crippen LogP contribution < -0.4 is 4.90 Å². The highest BCUT2D eigenvalue weighted by molar-refractivity contribution is 5.85. The highest BCUT2D eigenvalue weighted by Crippen LogP contribution is 2.55. The van der Waals surface area contributed by atoms with E-state index in [2.05, 4.69) is 40.0 Å². The molecule has 0 bridgehead atoms. The van der Waals surface area contributed by atoms with Crippen molar-refractivity contribution in [2.24, 2.45) is 11.3 Å². The Bertz CT molecular complexity index is 1180. The molecule has 3 heterocycles. The number of nitrogens with zero attached hydrogens (tertiary/aromatic N) is 3. The minimum atomic E-state index is -1.73. The van der Waals surface area contributed by atoms with Gasteiger partial charge in [-0.15, -0.1) is 0 Å². The summed E-state index contributed by atoms with van der Waals surface area (Å²) >= 11 is 0. The highest BCUT2D eigenvalue weighted by atomic mass is 19.1. The number of carbonyl (C=O) groups is 1. The second kappa shape index (κ2) is 9.80. The van der Waals surface area contributed by atoms with E-state index in [9.17, 15) is 4.79 Å². The minimum Gasteiger partial charge on any atom is -0.340 e. The van der Waals surface area contributed by atoms with E-state index in [4.69, 9.17) is 0 Å². The number of likely N-dealkylation sites (tertiary alicyclic amines) is 2. The number of halogens is 1. The van der Waals surface area contributed by atoms with Gasteiger partial charge < -0.3 is 14.7 Å². The van der Waals surface area contributed by atoms with Crippen molar-refractivity contribution in [3.8, 4) is 0 Å². The van der Waals surface area contributed by atoms with Crippen LogP contribution >= 0.6 is 0 Å². The molecule has 1 saturated carbocycles. The maximum Gasteiger partial charge on any atom is 0.260 e. The van der Waals surface area contributed by atoms with Crippen molar-refractivity contribution in [3.63, 3.8) is 0 Å². The van der Waals surface area contributed by atoms with E-state index in [1.54, 1.807) is 4.90 Å². The molecule has 6 rings (SSSR count). The van der Waals surface area contributed by atoms with Gasteiger partial charge in [0.2, 0.25) is 0 Å². The zero-order chi connectivity index (χ0) is 25.5. The van der Waals surface area contributed by atoms with Crippen molar-refractivity contribution in [1.82, 2.24) is 9.80 Å². The van der Waals surface area contributed by atoms with Crippen molar-refractivity contribution in [1.29, 1.82) is 0 Å². The molecule has 0 atom stereocenters. The van der Waals surface area contributed by atoms with Crippen LogP contribution in [0.25, 0.3) is 0 Å². The van der Waals surface area contributed by atoms with Crippen LogP contribution in [0.5, 0.6) is 0 Å². The Labute approximate surface area is 220 Å². The third kappa shape index (κ3) is 4.34. The molecule has 194 valence electrons. The number of allylic oxidation sites excluding steroid dienone is 3. The number of anilines is 1. The summed E-state index contributed by atoms with van der Waals surface area (Å²) in [5, 5.41) is 0. The number of fused-ring (bicyclic) bond motifs is 1. The van der Waals surface area contributed by atoms with E-state index in [1.165, 1.54) is 37.7 Å². The zero-order valence-corrected chi connectivity index (χ0v) is 21.9. The van der Waals surface area contributed by atoms with Gasteiger partial charge in [-0.3, -0.25) is 4.79 Å². The van der Waals surface area contributed by atoms with Gasteiger partial charge in [0.15, 0.2) is 5.67 Å². The normalized spacial score (nSPS) is 25.3. The lowest BCUT2D eigenvalue weighted by atomic mass is 9.71. The fraction of sp³-hybridized carbons (Fsp3) is 0.531. The average molecular weight is 500 g/mol. The van der Waals surface area contributed by atoms with Gasteiger partial charge in [0.05, 0.1) is 5.70 Å². The lowest BCUT2D eigenvalue weighted by molar-refractivity contribution is -0.149. The second-order valence-corrected chi connectivity index (χ2v) is 11.6. The van der Waals surface area contributed by atoms with Gasteiger partial charge in [0.1, 0.15) is 0 Å². The molecular weight excluding hydrogens is 461 g/mol. The predicted molar refractivity (Wildman–Crippen MR) is 146 cm³/mol. The van der Waals surface area contributed by atoms with Gasteiger partial charge in [-0.1, -0.05) is 55.5 Å².